The second kappa shape index (κ2) is 31.9. The van der Waals surface area contributed by atoms with Gasteiger partial charge in [0.15, 0.2) is 5.75 Å². The van der Waals surface area contributed by atoms with E-state index in [2.05, 4.69) is 13.8 Å². The van der Waals surface area contributed by atoms with Crippen LogP contribution in [0.1, 0.15) is 166 Å². The molecule has 0 aliphatic heterocycles. The number of aryl methyl sites for hydroxylation is 2. The molecule has 0 aliphatic carbocycles. The Balaban J connectivity index is 0.000000427. The van der Waals surface area contributed by atoms with Crippen molar-refractivity contribution in [2.45, 2.75) is 178 Å². The first-order chi connectivity index (χ1) is 29.8. The Bertz CT molecular complexity index is 1940. The first-order valence-corrected chi connectivity index (χ1v) is 25.8. The van der Waals surface area contributed by atoms with Crippen molar-refractivity contribution in [3.8, 4) is 34.5 Å². The van der Waals surface area contributed by atoms with Gasteiger partial charge in [-0.05, 0) is 73.2 Å². The molecule has 0 spiro atoms. The fourth-order valence-corrected chi connectivity index (χ4v) is 8.73. The molecule has 4 rings (SSSR count). The minimum Gasteiger partial charge on any atom is -0.872 e. The molecule has 63 heavy (non-hydrogen) atoms. The second-order valence-electron chi connectivity index (χ2n) is 16.2. The molecule has 10 nitrogen and oxygen atoms in total. The van der Waals surface area contributed by atoms with Gasteiger partial charge in [-0.25, -0.2) is 8.42 Å². The summed E-state index contributed by atoms with van der Waals surface area (Å²) in [5.74, 6) is 0.485. The van der Waals surface area contributed by atoms with Crippen molar-refractivity contribution in [2.75, 3.05) is 0 Å². The zero-order valence-electron chi connectivity index (χ0n) is 37.7. The number of hydrogen-bond donors (Lipinski definition) is 2. The molecule has 0 saturated carbocycles. The average molecular weight is 935 g/mol. The van der Waals surface area contributed by atoms with Crippen molar-refractivity contribution < 1.29 is 45.6 Å². The smallest absolute Gasteiger partial charge is 0.872 e. The molecule has 0 saturated heterocycles. The van der Waals surface area contributed by atoms with Gasteiger partial charge in [0, 0.05) is 6.07 Å². The number of para-hydroxylation sites is 2. The van der Waals surface area contributed by atoms with Crippen molar-refractivity contribution in [3.63, 3.8) is 0 Å². The number of phenols is 1. The number of phenolic OH excluding ortho intramolecular Hbond substituents is 1. The van der Waals surface area contributed by atoms with E-state index in [9.17, 15) is 36.2 Å². The topological polar surface area (TPSA) is 173 Å². The van der Waals surface area contributed by atoms with Gasteiger partial charge in [-0.3, -0.25) is 4.55 Å². The van der Waals surface area contributed by atoms with E-state index in [1.807, 2.05) is 6.07 Å². The van der Waals surface area contributed by atoms with E-state index < -0.39 is 20.2 Å². The third kappa shape index (κ3) is 23.3. The predicted molar refractivity (Wildman–Crippen MR) is 251 cm³/mol. The second-order valence-corrected chi connectivity index (χ2v) is 18.9. The molecule has 0 heterocycles. The van der Waals surface area contributed by atoms with E-state index in [1.54, 1.807) is 36.4 Å². The van der Waals surface area contributed by atoms with Crippen LogP contribution < -0.4 is 14.6 Å². The number of benzene rings is 4. The van der Waals surface area contributed by atoms with Gasteiger partial charge in [0.2, 0.25) is 0 Å². The normalized spacial score (nSPS) is 11.4. The molecular weight excluding hydrogens is 865 g/mol. The van der Waals surface area contributed by atoms with Gasteiger partial charge in [0.05, 0.1) is 4.90 Å². The number of unbranched alkanes of at least 4 members (excludes halogenated alkanes) is 20. The van der Waals surface area contributed by atoms with Gasteiger partial charge in [0.25, 0.3) is 10.1 Å². The van der Waals surface area contributed by atoms with Gasteiger partial charge >= 0.3 is 37.7 Å². The van der Waals surface area contributed by atoms with Crippen molar-refractivity contribution in [2.24, 2.45) is 0 Å². The van der Waals surface area contributed by atoms with Crippen LogP contribution in [0, 0.1) is 0 Å². The molecule has 0 bridgehead atoms. The van der Waals surface area contributed by atoms with Gasteiger partial charge in [-0.1, -0.05) is 185 Å². The van der Waals surface area contributed by atoms with Crippen LogP contribution in [0.3, 0.4) is 0 Å². The molecule has 344 valence electrons. The summed E-state index contributed by atoms with van der Waals surface area (Å²) in [7, 11) is -9.12. The molecular formula is C50H70CaO10S2. The van der Waals surface area contributed by atoms with Crippen LogP contribution in [0.15, 0.2) is 94.7 Å². The van der Waals surface area contributed by atoms with Crippen LogP contribution in [0.2, 0.25) is 0 Å². The minimum atomic E-state index is -4.69. The summed E-state index contributed by atoms with van der Waals surface area (Å²) in [6.45, 7) is 4.47. The SMILES string of the molecule is CCCCCCCCCCCCCc1cccc(S(=O)(=O)O)c1Oc1cccc(O)c1.CCCCCCCCCCCCCc1cccc(S(=O)(=O)[O-])c1Oc1cccc([O-])c1.[Ca+2]. The Morgan fingerprint density at radius 1 is 0.492 bits per heavy atom. The molecule has 4 aromatic carbocycles. The first kappa shape index (κ1) is 56.3. The van der Waals surface area contributed by atoms with Gasteiger partial charge in [-0.15, -0.1) is 5.75 Å². The average Bonchev–Trinajstić information content (AvgIpc) is 3.22. The van der Waals surface area contributed by atoms with Crippen LogP contribution in [-0.4, -0.2) is 68.8 Å². The molecule has 0 aliphatic rings. The molecule has 0 unspecified atom stereocenters. The van der Waals surface area contributed by atoms with E-state index >= 15 is 0 Å². The first-order valence-electron chi connectivity index (χ1n) is 22.9. The van der Waals surface area contributed by atoms with E-state index in [1.165, 1.54) is 145 Å². The van der Waals surface area contributed by atoms with E-state index in [0.717, 1.165) is 44.1 Å². The summed E-state index contributed by atoms with van der Waals surface area (Å²) in [6, 6.07) is 21.3. The van der Waals surface area contributed by atoms with Crippen LogP contribution in [0.5, 0.6) is 34.5 Å². The third-order valence-electron chi connectivity index (χ3n) is 10.8. The Morgan fingerprint density at radius 3 is 1.25 bits per heavy atom. The van der Waals surface area contributed by atoms with Crippen LogP contribution in [0.25, 0.3) is 0 Å². The molecule has 2 N–H and O–H groups in total. The van der Waals surface area contributed by atoms with E-state index in [0.29, 0.717) is 24.2 Å². The van der Waals surface area contributed by atoms with E-state index in [4.69, 9.17) is 9.47 Å². The fraction of sp³-hybridized carbons (Fsp3) is 0.520. The van der Waals surface area contributed by atoms with Crippen molar-refractivity contribution >= 4 is 58.0 Å². The molecule has 0 fully saturated rings. The van der Waals surface area contributed by atoms with Crippen LogP contribution in [0.4, 0.5) is 0 Å². The fourth-order valence-electron chi connectivity index (χ4n) is 7.43. The predicted octanol–water partition coefficient (Wildman–Crippen LogP) is 13.2. The summed E-state index contributed by atoms with van der Waals surface area (Å²) in [6.07, 6.45) is 28.4. The summed E-state index contributed by atoms with van der Waals surface area (Å²) in [4.78, 5) is -0.638. The van der Waals surface area contributed by atoms with Crippen molar-refractivity contribution in [1.82, 2.24) is 0 Å². The number of hydrogen-bond acceptors (Lipinski definition) is 9. The Labute approximate surface area is 408 Å². The zero-order valence-corrected chi connectivity index (χ0v) is 41.6. The molecule has 13 heteroatoms. The molecule has 4 aromatic rings. The zero-order chi connectivity index (χ0) is 45.1. The molecule has 0 amide bonds. The van der Waals surface area contributed by atoms with Crippen molar-refractivity contribution in [1.29, 1.82) is 0 Å². The maximum atomic E-state index is 11.8. The maximum absolute atomic E-state index is 11.8. The van der Waals surface area contributed by atoms with Gasteiger partial charge in [-0.2, -0.15) is 8.42 Å². The summed E-state index contributed by atoms with van der Waals surface area (Å²) < 4.78 is 80.0. The minimum absolute atomic E-state index is 0. The standard InChI is InChI=1S/2C25H36O5S.Ca/c2*1-2-3-4-5-6-7-8-9-10-11-12-15-21-16-13-19-24(31(27,28)29)25(21)30-23-18-14-17-22(26)20-23;/h2*13-14,16-20,26H,2-12,15H2,1H3,(H,27,28,29);/q;;+2/p-2. The molecule has 0 aromatic heterocycles. The van der Waals surface area contributed by atoms with Crippen LogP contribution in [-0.2, 0) is 33.1 Å². The quantitative estimate of drug-likeness (QED) is 0.0291. The number of rotatable bonds is 30. The summed E-state index contributed by atoms with van der Waals surface area (Å²) >= 11 is 0. The van der Waals surface area contributed by atoms with Crippen molar-refractivity contribution in [3.05, 3.63) is 96.1 Å². The monoisotopic (exact) mass is 934 g/mol. The number of ether oxygens (including phenoxy) is 2. The van der Waals surface area contributed by atoms with Gasteiger partial charge < -0.3 is 24.2 Å². The largest absolute Gasteiger partial charge is 2.00 e. The Kier molecular flexibility index (Phi) is 28.5. The molecule has 0 atom stereocenters. The third-order valence-corrected chi connectivity index (χ3v) is 12.6. The van der Waals surface area contributed by atoms with Gasteiger partial charge in [0.1, 0.15) is 38.0 Å². The number of aromatic hydroxyl groups is 1. The van der Waals surface area contributed by atoms with Crippen LogP contribution >= 0.6 is 0 Å². The Morgan fingerprint density at radius 2 is 0.857 bits per heavy atom. The maximum Gasteiger partial charge on any atom is 2.00 e. The summed E-state index contributed by atoms with van der Waals surface area (Å²) in [5, 5.41) is 21.2. The summed E-state index contributed by atoms with van der Waals surface area (Å²) in [5.41, 5.74) is 1.40. The molecule has 0 radical (unpaired) electrons. The Hall–Kier alpha value is -2.84. The van der Waals surface area contributed by atoms with E-state index in [-0.39, 0.29) is 76.3 Å².